The van der Waals surface area contributed by atoms with Crippen molar-refractivity contribution in [3.05, 3.63) is 53.6 Å². The Bertz CT molecular complexity index is 1180. The molecule has 2 fully saturated rings. The standard InChI is InChI=1S/C28H34F6N4O4/c29-27(30,31)19-1-6-22(7-2-19)37-13-11-18(12-14-37)16-35-26(39)17-42-23-8-3-20(4-9-23)36-21-5-10-25(38(40)41)24(15-21)28(32,33)34/h1-2,5-7,10,15,18,20,23,36,40-41H,3-4,8-9,11-14,16-17H2,(H,35,39). The molecule has 0 unspecified atom stereocenters. The van der Waals surface area contributed by atoms with Gasteiger partial charge in [-0.05, 0) is 86.9 Å². The summed E-state index contributed by atoms with van der Waals surface area (Å²) < 4.78 is 84.0. The maximum Gasteiger partial charge on any atom is 0.418 e. The van der Waals surface area contributed by atoms with Gasteiger partial charge in [0.25, 0.3) is 0 Å². The third-order valence-corrected chi connectivity index (χ3v) is 7.77. The number of carbonyl (C=O) groups excluding carboxylic acids is 1. The number of piperidine rings is 1. The molecule has 14 heteroatoms. The van der Waals surface area contributed by atoms with E-state index < -0.39 is 34.4 Å². The van der Waals surface area contributed by atoms with Gasteiger partial charge in [-0.1, -0.05) is 0 Å². The predicted molar refractivity (Wildman–Crippen MR) is 143 cm³/mol. The maximum absolute atomic E-state index is 13.3. The molecule has 2 aliphatic rings. The quantitative estimate of drug-likeness (QED) is 0.204. The second-order valence-corrected chi connectivity index (χ2v) is 10.7. The zero-order valence-corrected chi connectivity index (χ0v) is 22.7. The van der Waals surface area contributed by atoms with Gasteiger partial charge in [0.15, 0.2) is 0 Å². The van der Waals surface area contributed by atoms with Crippen LogP contribution in [0.25, 0.3) is 0 Å². The summed E-state index contributed by atoms with van der Waals surface area (Å²) in [7, 11) is 0. The molecule has 0 radical (unpaired) electrons. The van der Waals surface area contributed by atoms with E-state index in [1.807, 2.05) is 4.90 Å². The molecule has 1 aliphatic heterocycles. The molecule has 0 spiro atoms. The van der Waals surface area contributed by atoms with Gasteiger partial charge < -0.3 is 20.3 Å². The SMILES string of the molecule is O=C(COC1CCC(Nc2ccc(N(O)O)c(C(F)(F)F)c2)CC1)NCC1CCN(c2ccc(C(F)(F)F)cc2)CC1. The van der Waals surface area contributed by atoms with Crippen molar-refractivity contribution in [1.29, 1.82) is 0 Å². The summed E-state index contributed by atoms with van der Waals surface area (Å²) in [6.07, 6.45) is -5.19. The minimum absolute atomic E-state index is 0.0949. The molecule has 1 heterocycles. The molecule has 0 atom stereocenters. The lowest BCUT2D eigenvalue weighted by molar-refractivity contribution is -0.139. The Hall–Kier alpha value is -3.23. The largest absolute Gasteiger partial charge is 0.418 e. The van der Waals surface area contributed by atoms with E-state index in [4.69, 9.17) is 15.2 Å². The van der Waals surface area contributed by atoms with Gasteiger partial charge in [-0.2, -0.15) is 26.3 Å². The smallest absolute Gasteiger partial charge is 0.382 e. The number of rotatable bonds is 9. The van der Waals surface area contributed by atoms with Crippen LogP contribution in [0.5, 0.6) is 0 Å². The summed E-state index contributed by atoms with van der Waals surface area (Å²) in [5.41, 5.74) is -1.67. The molecule has 4 rings (SSSR count). The summed E-state index contributed by atoms with van der Waals surface area (Å²) in [6, 6.07) is 8.18. The number of nitrogens with zero attached hydrogens (tertiary/aromatic N) is 2. The highest BCUT2D eigenvalue weighted by Gasteiger charge is 2.36. The van der Waals surface area contributed by atoms with Crippen molar-refractivity contribution < 1.29 is 46.3 Å². The Morgan fingerprint density at radius 1 is 0.905 bits per heavy atom. The third kappa shape index (κ3) is 8.65. The van der Waals surface area contributed by atoms with E-state index in [9.17, 15) is 31.1 Å². The lowest BCUT2D eigenvalue weighted by atomic mass is 9.92. The Kier molecular flexibility index (Phi) is 10.1. The number of halogens is 6. The molecule has 42 heavy (non-hydrogen) atoms. The fourth-order valence-electron chi connectivity index (χ4n) is 5.40. The van der Waals surface area contributed by atoms with Crippen LogP contribution in [0.4, 0.5) is 43.4 Å². The van der Waals surface area contributed by atoms with Crippen LogP contribution in [0, 0.1) is 5.92 Å². The minimum Gasteiger partial charge on any atom is -0.382 e. The number of hydrogen-bond donors (Lipinski definition) is 4. The normalized spacial score (nSPS) is 20.3. The van der Waals surface area contributed by atoms with E-state index in [0.29, 0.717) is 45.3 Å². The second kappa shape index (κ2) is 13.4. The fourth-order valence-corrected chi connectivity index (χ4v) is 5.40. The average molecular weight is 605 g/mol. The van der Waals surface area contributed by atoms with Crippen molar-refractivity contribution in [3.63, 3.8) is 0 Å². The van der Waals surface area contributed by atoms with Crippen LogP contribution in [0.3, 0.4) is 0 Å². The minimum atomic E-state index is -4.77. The lowest BCUT2D eigenvalue weighted by Crippen LogP contribution is -2.40. The van der Waals surface area contributed by atoms with Crippen molar-refractivity contribution >= 4 is 23.0 Å². The molecule has 8 nitrogen and oxygen atoms in total. The van der Waals surface area contributed by atoms with E-state index in [2.05, 4.69) is 10.6 Å². The highest BCUT2D eigenvalue weighted by atomic mass is 19.4. The van der Waals surface area contributed by atoms with E-state index in [-0.39, 0.29) is 36.3 Å². The van der Waals surface area contributed by atoms with Crippen LogP contribution in [-0.4, -0.2) is 54.7 Å². The number of nitrogens with one attached hydrogen (secondary N) is 2. The van der Waals surface area contributed by atoms with Gasteiger partial charge >= 0.3 is 12.4 Å². The summed E-state index contributed by atoms with van der Waals surface area (Å²) >= 11 is 0. The zero-order valence-electron chi connectivity index (χ0n) is 22.7. The molecular formula is C28H34F6N4O4. The lowest BCUT2D eigenvalue weighted by Gasteiger charge is -2.34. The van der Waals surface area contributed by atoms with E-state index in [0.717, 1.165) is 42.8 Å². The summed E-state index contributed by atoms with van der Waals surface area (Å²) in [6.45, 7) is 1.76. The number of hydrogen-bond acceptors (Lipinski definition) is 7. The molecule has 1 amide bonds. The molecule has 0 bridgehead atoms. The Morgan fingerprint density at radius 2 is 1.55 bits per heavy atom. The second-order valence-electron chi connectivity index (χ2n) is 10.7. The van der Waals surface area contributed by atoms with Gasteiger partial charge in [0.1, 0.15) is 12.3 Å². The first-order chi connectivity index (χ1) is 19.8. The van der Waals surface area contributed by atoms with Crippen molar-refractivity contribution in [2.45, 2.75) is 63.0 Å². The molecule has 1 aliphatic carbocycles. The Morgan fingerprint density at radius 3 is 2.12 bits per heavy atom. The average Bonchev–Trinajstić information content (AvgIpc) is 2.95. The number of alkyl halides is 6. The highest BCUT2D eigenvalue weighted by Crippen LogP contribution is 2.38. The topological polar surface area (TPSA) is 97.3 Å². The van der Waals surface area contributed by atoms with Gasteiger partial charge in [-0.15, -0.1) is 5.23 Å². The molecule has 2 aromatic rings. The molecular weight excluding hydrogens is 570 g/mol. The van der Waals surface area contributed by atoms with Gasteiger partial charge in [-0.25, -0.2) is 0 Å². The van der Waals surface area contributed by atoms with E-state index >= 15 is 0 Å². The first kappa shape index (κ1) is 31.7. The van der Waals surface area contributed by atoms with Crippen LogP contribution < -0.4 is 20.8 Å². The summed E-state index contributed by atoms with van der Waals surface area (Å²) in [5.74, 6) is 0.0212. The van der Waals surface area contributed by atoms with Crippen LogP contribution in [0.2, 0.25) is 0 Å². The van der Waals surface area contributed by atoms with Crippen molar-refractivity contribution in [2.75, 3.05) is 41.7 Å². The predicted octanol–water partition coefficient (Wildman–Crippen LogP) is 6.08. The number of carbonyl (C=O) groups is 1. The summed E-state index contributed by atoms with van der Waals surface area (Å²) in [5, 5.41) is 23.5. The zero-order chi connectivity index (χ0) is 30.5. The summed E-state index contributed by atoms with van der Waals surface area (Å²) in [4.78, 5) is 14.4. The van der Waals surface area contributed by atoms with Gasteiger partial charge in [0.05, 0.1) is 17.2 Å². The monoisotopic (exact) mass is 604 g/mol. The molecule has 1 saturated carbocycles. The van der Waals surface area contributed by atoms with Crippen LogP contribution in [-0.2, 0) is 21.9 Å². The van der Waals surface area contributed by atoms with Crippen LogP contribution in [0.15, 0.2) is 42.5 Å². The molecule has 4 N–H and O–H groups in total. The van der Waals surface area contributed by atoms with Crippen molar-refractivity contribution in [2.24, 2.45) is 5.92 Å². The number of amides is 1. The molecule has 232 valence electrons. The fraction of sp³-hybridized carbons (Fsp3) is 0.536. The first-order valence-electron chi connectivity index (χ1n) is 13.8. The van der Waals surface area contributed by atoms with Gasteiger partial charge in [-0.3, -0.25) is 15.2 Å². The first-order valence-corrected chi connectivity index (χ1v) is 13.8. The third-order valence-electron chi connectivity index (χ3n) is 7.77. The van der Waals surface area contributed by atoms with E-state index in [1.54, 1.807) is 0 Å². The Balaban J connectivity index is 1.13. The van der Waals surface area contributed by atoms with E-state index in [1.165, 1.54) is 18.2 Å². The molecule has 2 aromatic carbocycles. The maximum atomic E-state index is 13.3. The van der Waals surface area contributed by atoms with Gasteiger partial charge in [0, 0.05) is 37.1 Å². The number of anilines is 3. The van der Waals surface area contributed by atoms with Crippen LogP contribution >= 0.6 is 0 Å². The highest BCUT2D eigenvalue weighted by molar-refractivity contribution is 5.77. The Labute approximate surface area is 239 Å². The van der Waals surface area contributed by atoms with Gasteiger partial charge in [0.2, 0.25) is 5.91 Å². The van der Waals surface area contributed by atoms with Crippen molar-refractivity contribution in [3.8, 4) is 0 Å². The van der Waals surface area contributed by atoms with Crippen molar-refractivity contribution in [1.82, 2.24) is 5.32 Å². The van der Waals surface area contributed by atoms with Crippen LogP contribution in [0.1, 0.15) is 49.7 Å². The number of ether oxygens (including phenoxy) is 1. The number of benzene rings is 2. The molecule has 1 saturated heterocycles. The molecule has 0 aromatic heterocycles.